The molecule has 1 fully saturated rings. The Bertz CT molecular complexity index is 458. The Morgan fingerprint density at radius 2 is 1.95 bits per heavy atom. The number of likely N-dealkylation sites (N-methyl/N-ethyl adjacent to an activating group) is 1. The van der Waals surface area contributed by atoms with E-state index in [4.69, 9.17) is 0 Å². The van der Waals surface area contributed by atoms with Crippen LogP contribution < -0.4 is 5.32 Å². The van der Waals surface area contributed by atoms with Crippen molar-refractivity contribution in [2.45, 2.75) is 38.8 Å². The Morgan fingerprint density at radius 3 is 2.58 bits per heavy atom. The second-order valence-electron chi connectivity index (χ2n) is 4.99. The summed E-state index contributed by atoms with van der Waals surface area (Å²) >= 11 is 0. The van der Waals surface area contributed by atoms with Crippen LogP contribution in [0.2, 0.25) is 0 Å². The lowest BCUT2D eigenvalue weighted by Gasteiger charge is -2.27. The molecular weight excluding hydrogens is 240 g/mol. The average molecular weight is 260 g/mol. The number of hydrogen-bond donors (Lipinski definition) is 1. The van der Waals surface area contributed by atoms with Gasteiger partial charge in [-0.2, -0.15) is 0 Å². The van der Waals surface area contributed by atoms with Crippen LogP contribution in [-0.2, 0) is 16.0 Å². The molecule has 4 heteroatoms. The summed E-state index contributed by atoms with van der Waals surface area (Å²) < 4.78 is 0. The fraction of sp³-hybridized carbons (Fsp3) is 0.467. The van der Waals surface area contributed by atoms with Gasteiger partial charge in [0.2, 0.25) is 11.8 Å². The normalized spacial score (nSPS) is 24.0. The number of nitrogens with zero attached hydrogens (tertiary/aromatic N) is 1. The molecule has 1 N–H and O–H groups in total. The van der Waals surface area contributed by atoms with Crippen LogP contribution in [0.1, 0.15) is 25.8 Å². The highest BCUT2D eigenvalue weighted by molar-refractivity contribution is 5.90. The van der Waals surface area contributed by atoms with Crippen molar-refractivity contribution < 1.29 is 9.59 Å². The highest BCUT2D eigenvalue weighted by Crippen LogP contribution is 2.14. The third kappa shape index (κ3) is 3.13. The molecule has 19 heavy (non-hydrogen) atoms. The van der Waals surface area contributed by atoms with Gasteiger partial charge >= 0.3 is 0 Å². The standard InChI is InChI=1S/C15H20N2O2/c1-3-17-11(2)9-14(18)16-13(15(17)19)10-12-7-5-4-6-8-12/h4-8,11,13H,3,9-10H2,1-2H3,(H,16,18). The molecule has 2 amide bonds. The molecule has 102 valence electrons. The minimum atomic E-state index is -0.445. The maximum Gasteiger partial charge on any atom is 0.245 e. The fourth-order valence-corrected chi connectivity index (χ4v) is 2.57. The first-order valence-electron chi connectivity index (χ1n) is 6.75. The lowest BCUT2D eigenvalue weighted by molar-refractivity contribution is -0.134. The van der Waals surface area contributed by atoms with Crippen LogP contribution >= 0.6 is 0 Å². The number of rotatable bonds is 3. The van der Waals surface area contributed by atoms with Crippen molar-refractivity contribution in [1.29, 1.82) is 0 Å². The zero-order chi connectivity index (χ0) is 13.8. The Kier molecular flexibility index (Phi) is 4.20. The van der Waals surface area contributed by atoms with E-state index in [0.29, 0.717) is 19.4 Å². The van der Waals surface area contributed by atoms with Crippen LogP contribution in [0.5, 0.6) is 0 Å². The van der Waals surface area contributed by atoms with Gasteiger partial charge in [0, 0.05) is 25.4 Å². The van der Waals surface area contributed by atoms with E-state index in [1.165, 1.54) is 0 Å². The molecule has 1 aromatic rings. The summed E-state index contributed by atoms with van der Waals surface area (Å²) in [4.78, 5) is 26.0. The SMILES string of the molecule is CCN1C(=O)C(Cc2ccccc2)NC(=O)CC1C. The second-order valence-corrected chi connectivity index (χ2v) is 4.99. The fourth-order valence-electron chi connectivity index (χ4n) is 2.57. The van der Waals surface area contributed by atoms with Gasteiger partial charge in [0.15, 0.2) is 0 Å². The van der Waals surface area contributed by atoms with Gasteiger partial charge < -0.3 is 10.2 Å². The van der Waals surface area contributed by atoms with Gasteiger partial charge in [-0.3, -0.25) is 9.59 Å². The molecule has 0 aromatic heterocycles. The maximum atomic E-state index is 12.4. The Hall–Kier alpha value is -1.84. The Labute approximate surface area is 113 Å². The van der Waals surface area contributed by atoms with Gasteiger partial charge in [-0.15, -0.1) is 0 Å². The van der Waals surface area contributed by atoms with Crippen molar-refractivity contribution in [3.05, 3.63) is 35.9 Å². The topological polar surface area (TPSA) is 49.4 Å². The van der Waals surface area contributed by atoms with E-state index in [1.54, 1.807) is 4.90 Å². The molecule has 2 atom stereocenters. The first-order valence-corrected chi connectivity index (χ1v) is 6.75. The van der Waals surface area contributed by atoms with Crippen LogP contribution in [0.3, 0.4) is 0 Å². The van der Waals surface area contributed by atoms with E-state index < -0.39 is 6.04 Å². The monoisotopic (exact) mass is 260 g/mol. The molecule has 2 rings (SSSR count). The molecular formula is C15H20N2O2. The molecule has 1 aromatic carbocycles. The number of carbonyl (C=O) groups excluding carboxylic acids is 2. The summed E-state index contributed by atoms with van der Waals surface area (Å²) in [5.74, 6) is -0.0255. The molecule has 1 heterocycles. The number of amides is 2. The lowest BCUT2D eigenvalue weighted by atomic mass is 10.0. The van der Waals surface area contributed by atoms with E-state index in [9.17, 15) is 9.59 Å². The van der Waals surface area contributed by atoms with Crippen molar-refractivity contribution in [2.75, 3.05) is 6.54 Å². The lowest BCUT2D eigenvalue weighted by Crippen LogP contribution is -2.47. The predicted molar refractivity (Wildman–Crippen MR) is 73.5 cm³/mol. The first-order chi connectivity index (χ1) is 9.11. The van der Waals surface area contributed by atoms with E-state index in [-0.39, 0.29) is 17.9 Å². The molecule has 0 aliphatic carbocycles. The largest absolute Gasteiger partial charge is 0.344 e. The van der Waals surface area contributed by atoms with Crippen LogP contribution in [-0.4, -0.2) is 35.3 Å². The first kappa shape index (κ1) is 13.6. The van der Waals surface area contributed by atoms with E-state index >= 15 is 0 Å². The van der Waals surface area contributed by atoms with E-state index in [0.717, 1.165) is 5.56 Å². The Balaban J connectivity index is 2.18. The summed E-state index contributed by atoms with van der Waals surface area (Å²) in [7, 11) is 0. The van der Waals surface area contributed by atoms with E-state index in [1.807, 2.05) is 44.2 Å². The minimum Gasteiger partial charge on any atom is -0.344 e. The molecule has 0 radical (unpaired) electrons. The molecule has 0 saturated carbocycles. The Morgan fingerprint density at radius 1 is 1.26 bits per heavy atom. The summed E-state index contributed by atoms with van der Waals surface area (Å²) in [5.41, 5.74) is 1.06. The second kappa shape index (κ2) is 5.87. The molecule has 0 bridgehead atoms. The number of hydrogen-bond acceptors (Lipinski definition) is 2. The summed E-state index contributed by atoms with van der Waals surface area (Å²) in [6.07, 6.45) is 0.930. The summed E-state index contributed by atoms with van der Waals surface area (Å²) in [6.45, 7) is 4.51. The van der Waals surface area contributed by atoms with Crippen molar-refractivity contribution >= 4 is 11.8 Å². The molecule has 1 aliphatic rings. The molecule has 4 nitrogen and oxygen atoms in total. The molecule has 1 aliphatic heterocycles. The van der Waals surface area contributed by atoms with Gasteiger partial charge in [0.05, 0.1) is 0 Å². The van der Waals surface area contributed by atoms with E-state index in [2.05, 4.69) is 5.32 Å². The number of carbonyl (C=O) groups is 2. The number of benzene rings is 1. The van der Waals surface area contributed by atoms with Crippen LogP contribution in [0.25, 0.3) is 0 Å². The van der Waals surface area contributed by atoms with Crippen molar-refractivity contribution in [1.82, 2.24) is 10.2 Å². The molecule has 1 saturated heterocycles. The van der Waals surface area contributed by atoms with Gasteiger partial charge in [0.1, 0.15) is 6.04 Å². The highest BCUT2D eigenvalue weighted by atomic mass is 16.2. The van der Waals surface area contributed by atoms with Gasteiger partial charge in [-0.1, -0.05) is 30.3 Å². The average Bonchev–Trinajstić information content (AvgIpc) is 2.48. The zero-order valence-corrected chi connectivity index (χ0v) is 11.4. The van der Waals surface area contributed by atoms with Crippen LogP contribution in [0.15, 0.2) is 30.3 Å². The van der Waals surface area contributed by atoms with Crippen molar-refractivity contribution in [3.8, 4) is 0 Å². The summed E-state index contributed by atoms with van der Waals surface area (Å²) in [5, 5.41) is 2.84. The van der Waals surface area contributed by atoms with Gasteiger partial charge in [0.25, 0.3) is 0 Å². The number of nitrogens with one attached hydrogen (secondary N) is 1. The third-order valence-corrected chi connectivity index (χ3v) is 3.55. The van der Waals surface area contributed by atoms with Crippen LogP contribution in [0, 0.1) is 0 Å². The quantitative estimate of drug-likeness (QED) is 0.892. The third-order valence-electron chi connectivity index (χ3n) is 3.55. The van der Waals surface area contributed by atoms with Crippen molar-refractivity contribution in [2.24, 2.45) is 0 Å². The minimum absolute atomic E-state index is 0.0182. The summed E-state index contributed by atoms with van der Waals surface area (Å²) in [6, 6.07) is 9.31. The van der Waals surface area contributed by atoms with Crippen molar-refractivity contribution in [3.63, 3.8) is 0 Å². The smallest absolute Gasteiger partial charge is 0.245 e. The van der Waals surface area contributed by atoms with Gasteiger partial charge in [-0.25, -0.2) is 0 Å². The predicted octanol–water partition coefficient (Wildman–Crippen LogP) is 1.35. The van der Waals surface area contributed by atoms with Crippen LogP contribution in [0.4, 0.5) is 0 Å². The molecule has 0 spiro atoms. The maximum absolute atomic E-state index is 12.4. The highest BCUT2D eigenvalue weighted by Gasteiger charge is 2.32. The zero-order valence-electron chi connectivity index (χ0n) is 11.4. The molecule has 2 unspecified atom stereocenters. The van der Waals surface area contributed by atoms with Gasteiger partial charge in [-0.05, 0) is 19.4 Å².